The van der Waals surface area contributed by atoms with Crippen LogP contribution in [0.15, 0.2) is 60.7 Å². The molecule has 7 rings (SSSR count). The zero-order chi connectivity index (χ0) is 30.0. The van der Waals surface area contributed by atoms with Crippen molar-refractivity contribution in [2.24, 2.45) is 5.92 Å². The maximum Gasteiger partial charge on any atom is 0.335 e. The van der Waals surface area contributed by atoms with Crippen molar-refractivity contribution in [2.75, 3.05) is 19.7 Å². The van der Waals surface area contributed by atoms with E-state index in [2.05, 4.69) is 33.4 Å². The van der Waals surface area contributed by atoms with Crippen molar-refractivity contribution < 1.29 is 23.8 Å². The lowest BCUT2D eigenvalue weighted by Gasteiger charge is -2.33. The summed E-state index contributed by atoms with van der Waals surface area (Å²) in [5, 5.41) is 9.52. The van der Waals surface area contributed by atoms with E-state index < -0.39 is 5.97 Å². The Hall–Kier alpha value is -4.19. The fourth-order valence-corrected chi connectivity index (χ4v) is 6.06. The number of carboxylic acid groups (broad SMARTS) is 1. The molecule has 7 nitrogen and oxygen atoms in total. The minimum Gasteiger partial charge on any atom is -0.489 e. The lowest BCUT2D eigenvalue weighted by Crippen LogP contribution is -2.35. The molecule has 4 aromatic rings. The number of rotatable bonds is 9. The highest BCUT2D eigenvalue weighted by Gasteiger charge is 2.26. The highest BCUT2D eigenvalue weighted by Crippen LogP contribution is 2.32. The van der Waals surface area contributed by atoms with Crippen molar-refractivity contribution >= 4 is 17.0 Å². The highest BCUT2D eigenvalue weighted by atomic mass is 19.1. The molecule has 44 heavy (non-hydrogen) atoms. The summed E-state index contributed by atoms with van der Waals surface area (Å²) in [4.78, 5) is 18.9. The number of halogens is 1. The summed E-state index contributed by atoms with van der Waals surface area (Å²) in [7, 11) is 0. The molecular weight excluding hydrogens is 557 g/mol. The molecule has 0 spiro atoms. The molecule has 8 heteroatoms. The molecule has 0 radical (unpaired) electrons. The van der Waals surface area contributed by atoms with E-state index in [-0.39, 0.29) is 24.1 Å². The van der Waals surface area contributed by atoms with Gasteiger partial charge in [-0.3, -0.25) is 4.90 Å². The van der Waals surface area contributed by atoms with Crippen molar-refractivity contribution in [1.82, 2.24) is 14.5 Å². The number of likely N-dealkylation sites (tertiary alicyclic amines) is 1. The average molecular weight is 594 g/mol. The number of benzene rings is 3. The number of fused-ring (bicyclic) bond motifs is 1. The molecule has 0 unspecified atom stereocenters. The number of carboxylic acids is 1. The molecule has 1 aliphatic carbocycles. The zero-order valence-corrected chi connectivity index (χ0v) is 24.7. The minimum absolute atomic E-state index is 0.141. The van der Waals surface area contributed by atoms with Gasteiger partial charge in [0.25, 0.3) is 0 Å². The van der Waals surface area contributed by atoms with Gasteiger partial charge in [0, 0.05) is 23.7 Å². The van der Waals surface area contributed by atoms with Crippen LogP contribution in [-0.4, -0.2) is 51.3 Å². The average Bonchev–Trinajstić information content (AvgIpc) is 3.78. The van der Waals surface area contributed by atoms with E-state index in [0.717, 1.165) is 74.4 Å². The van der Waals surface area contributed by atoms with Gasteiger partial charge in [0.1, 0.15) is 24.0 Å². The van der Waals surface area contributed by atoms with Gasteiger partial charge in [0.2, 0.25) is 0 Å². The number of aromatic carboxylic acids is 1. The predicted molar refractivity (Wildman–Crippen MR) is 165 cm³/mol. The molecule has 3 fully saturated rings. The van der Waals surface area contributed by atoms with Crippen molar-refractivity contribution in [3.8, 4) is 17.6 Å². The summed E-state index contributed by atoms with van der Waals surface area (Å²) in [5.74, 6) is 7.61. The molecule has 1 atom stereocenters. The monoisotopic (exact) mass is 593 g/mol. The largest absolute Gasteiger partial charge is 0.489 e. The van der Waals surface area contributed by atoms with Crippen LogP contribution < -0.4 is 4.74 Å². The first-order valence-corrected chi connectivity index (χ1v) is 15.6. The quantitative estimate of drug-likeness (QED) is 0.227. The molecule has 1 N–H and O–H groups in total. The van der Waals surface area contributed by atoms with Gasteiger partial charge in [-0.2, -0.15) is 0 Å². The van der Waals surface area contributed by atoms with Crippen LogP contribution in [0.2, 0.25) is 0 Å². The number of hydrogen-bond donors (Lipinski definition) is 1. The Morgan fingerprint density at radius 3 is 2.61 bits per heavy atom. The van der Waals surface area contributed by atoms with Crippen LogP contribution in [0.1, 0.15) is 70.9 Å². The number of ether oxygens (including phenoxy) is 2. The molecule has 226 valence electrons. The Morgan fingerprint density at radius 1 is 1.05 bits per heavy atom. The first-order chi connectivity index (χ1) is 21.5. The van der Waals surface area contributed by atoms with Crippen LogP contribution in [0.3, 0.4) is 0 Å². The second kappa shape index (κ2) is 12.4. The van der Waals surface area contributed by atoms with Crippen molar-refractivity contribution in [3.05, 3.63) is 94.6 Å². The van der Waals surface area contributed by atoms with Gasteiger partial charge in [-0.05, 0) is 99.1 Å². The summed E-state index contributed by atoms with van der Waals surface area (Å²) < 4.78 is 28.6. The second-order valence-corrected chi connectivity index (χ2v) is 12.2. The summed E-state index contributed by atoms with van der Waals surface area (Å²) >= 11 is 0. The van der Waals surface area contributed by atoms with Crippen molar-refractivity contribution in [2.45, 2.75) is 63.8 Å². The molecule has 2 saturated heterocycles. The fraction of sp³-hybridized carbons (Fsp3) is 0.389. The normalized spacial score (nSPS) is 18.9. The third kappa shape index (κ3) is 6.50. The van der Waals surface area contributed by atoms with Gasteiger partial charge < -0.3 is 19.1 Å². The van der Waals surface area contributed by atoms with Crippen LogP contribution >= 0.6 is 0 Å². The van der Waals surface area contributed by atoms with Gasteiger partial charge in [-0.1, -0.05) is 30.0 Å². The van der Waals surface area contributed by atoms with Gasteiger partial charge in [-0.15, -0.1) is 0 Å². The molecule has 0 bridgehead atoms. The van der Waals surface area contributed by atoms with Crippen LogP contribution in [0, 0.1) is 23.6 Å². The summed E-state index contributed by atoms with van der Waals surface area (Å²) in [6.45, 7) is 4.19. The number of carbonyl (C=O) groups is 1. The Balaban J connectivity index is 0.975. The summed E-state index contributed by atoms with van der Waals surface area (Å²) in [6, 6.07) is 18.5. The second-order valence-electron chi connectivity index (χ2n) is 12.2. The Bertz CT molecular complexity index is 1740. The maximum atomic E-state index is 14.7. The first-order valence-electron chi connectivity index (χ1n) is 15.6. The Kier molecular flexibility index (Phi) is 8.07. The summed E-state index contributed by atoms with van der Waals surface area (Å²) in [5.41, 5.74) is 4.40. The summed E-state index contributed by atoms with van der Waals surface area (Å²) in [6.07, 6.45) is 5.47. The van der Waals surface area contributed by atoms with Crippen LogP contribution in [0.4, 0.5) is 4.39 Å². The van der Waals surface area contributed by atoms with E-state index in [1.807, 2.05) is 18.2 Å². The SMILES string of the molecule is O=C(O)c1ccc2nc(CN3CCC(c4cccc(OCc5ccc(C#CC6CC6)cc5F)c4)CC3)n(C[C@@H]3CCO3)c2c1. The molecular formula is C36H36FN3O4. The van der Waals surface area contributed by atoms with Gasteiger partial charge in [0.05, 0.1) is 35.8 Å². The van der Waals surface area contributed by atoms with Gasteiger partial charge in [0.15, 0.2) is 0 Å². The molecule has 2 aliphatic heterocycles. The van der Waals surface area contributed by atoms with Crippen LogP contribution in [-0.2, 0) is 24.4 Å². The maximum absolute atomic E-state index is 14.7. The standard InChI is InChI=1S/C36H36FN3O4/c37-32-18-25(7-6-24-4-5-24)8-9-29(32)23-44-30-3-1-2-27(19-30)26-12-15-39(16-13-26)22-35-38-33-11-10-28(36(41)42)20-34(33)40(35)21-31-14-17-43-31/h1-3,8-11,18-20,24,26,31H,4-5,12-17,21-23H2,(H,41,42)/t31-/m0/s1. The first kappa shape index (κ1) is 28.6. The number of nitrogens with zero attached hydrogens (tertiary/aromatic N) is 3. The fourth-order valence-electron chi connectivity index (χ4n) is 6.06. The molecule has 1 saturated carbocycles. The van der Waals surface area contributed by atoms with E-state index >= 15 is 0 Å². The van der Waals surface area contributed by atoms with Crippen LogP contribution in [0.25, 0.3) is 11.0 Å². The smallest absolute Gasteiger partial charge is 0.335 e. The Morgan fingerprint density at radius 2 is 1.89 bits per heavy atom. The molecule has 3 aliphatic rings. The van der Waals surface area contributed by atoms with E-state index in [9.17, 15) is 14.3 Å². The number of hydrogen-bond acceptors (Lipinski definition) is 5. The van der Waals surface area contributed by atoms with Crippen molar-refractivity contribution in [3.63, 3.8) is 0 Å². The highest BCUT2D eigenvalue weighted by molar-refractivity contribution is 5.92. The van der Waals surface area contributed by atoms with Gasteiger partial charge >= 0.3 is 5.97 Å². The number of aromatic nitrogens is 2. The van der Waals surface area contributed by atoms with Crippen LogP contribution in [0.5, 0.6) is 5.75 Å². The number of piperidine rings is 1. The third-order valence-corrected chi connectivity index (χ3v) is 8.98. The van der Waals surface area contributed by atoms with Gasteiger partial charge in [-0.25, -0.2) is 14.2 Å². The minimum atomic E-state index is -0.937. The zero-order valence-electron chi connectivity index (χ0n) is 24.7. The molecule has 0 amide bonds. The van der Waals surface area contributed by atoms with E-state index in [1.54, 1.807) is 24.3 Å². The topological polar surface area (TPSA) is 76.8 Å². The molecule has 3 aromatic carbocycles. The molecule has 3 heterocycles. The number of imidazole rings is 1. The van der Waals surface area contributed by atoms with E-state index in [0.29, 0.717) is 36.1 Å². The predicted octanol–water partition coefficient (Wildman–Crippen LogP) is 6.38. The van der Waals surface area contributed by atoms with E-state index in [1.165, 1.54) is 11.6 Å². The Labute approximate surface area is 256 Å². The molecule has 1 aromatic heterocycles. The third-order valence-electron chi connectivity index (χ3n) is 8.98. The lowest BCUT2D eigenvalue weighted by atomic mass is 9.89. The van der Waals surface area contributed by atoms with Crippen molar-refractivity contribution in [1.29, 1.82) is 0 Å². The van der Waals surface area contributed by atoms with E-state index in [4.69, 9.17) is 14.5 Å². The lowest BCUT2D eigenvalue weighted by molar-refractivity contribution is -0.0592.